The number of carbonyl (C=O) groups is 1. The zero-order valence-corrected chi connectivity index (χ0v) is 10.0. The largest absolute Gasteiger partial charge is 0.477 e. The van der Waals surface area contributed by atoms with Crippen molar-refractivity contribution in [2.45, 2.75) is 18.6 Å². The lowest BCUT2D eigenvalue weighted by Gasteiger charge is -2.06. The van der Waals surface area contributed by atoms with Crippen LogP contribution in [0.2, 0.25) is 0 Å². The molecule has 0 spiro atoms. The highest BCUT2D eigenvalue weighted by Gasteiger charge is 2.17. The van der Waals surface area contributed by atoms with Gasteiger partial charge in [0.05, 0.1) is 6.16 Å². The molecule has 17 heavy (non-hydrogen) atoms. The Morgan fingerprint density at radius 1 is 1.24 bits per heavy atom. The summed E-state index contributed by atoms with van der Waals surface area (Å²) in [6.07, 6.45) is -0.00839. The minimum Gasteiger partial charge on any atom is -0.477 e. The van der Waals surface area contributed by atoms with Gasteiger partial charge in [-0.05, 0) is 11.1 Å². The second-order valence-corrected chi connectivity index (χ2v) is 5.52. The summed E-state index contributed by atoms with van der Waals surface area (Å²) >= 11 is 0. The molecule has 1 unspecified atom stereocenters. The molecular formula is C10H15NO5P+. The predicted molar refractivity (Wildman–Crippen MR) is 60.2 cm³/mol. The predicted octanol–water partition coefficient (Wildman–Crippen LogP) is -0.398. The third kappa shape index (κ3) is 5.10. The van der Waals surface area contributed by atoms with E-state index in [2.05, 4.69) is 5.73 Å². The van der Waals surface area contributed by atoms with E-state index in [1.165, 1.54) is 0 Å². The molecule has 1 rings (SSSR count). The van der Waals surface area contributed by atoms with Crippen LogP contribution in [0.4, 0.5) is 0 Å². The van der Waals surface area contributed by atoms with Gasteiger partial charge in [0.25, 0.3) is 0 Å². The Labute approximate surface area is 98.2 Å². The van der Waals surface area contributed by atoms with Crippen molar-refractivity contribution >= 4 is 13.6 Å². The van der Waals surface area contributed by atoms with E-state index in [1.807, 2.05) is 0 Å². The van der Waals surface area contributed by atoms with Crippen LogP contribution in [-0.2, 0) is 21.9 Å². The zero-order valence-electron chi connectivity index (χ0n) is 9.11. The Balaban J connectivity index is 2.68. The number of benzene rings is 1. The Hall–Kier alpha value is -1.20. The van der Waals surface area contributed by atoms with Crippen molar-refractivity contribution in [1.82, 2.24) is 0 Å². The van der Waals surface area contributed by atoms with Crippen molar-refractivity contribution < 1.29 is 30.0 Å². The van der Waals surface area contributed by atoms with E-state index in [-0.39, 0.29) is 6.16 Å². The normalized spacial score (nSPS) is 13.4. The van der Waals surface area contributed by atoms with Crippen LogP contribution in [0, 0.1) is 0 Å². The van der Waals surface area contributed by atoms with Crippen molar-refractivity contribution in [2.75, 3.05) is 0 Å². The SMILES string of the molecule is [NH3+]C(Cc1ccc(CP(=O)(O)O)cc1)C(=O)O. The average molecular weight is 260 g/mol. The number of rotatable bonds is 5. The third-order valence-electron chi connectivity index (χ3n) is 2.24. The van der Waals surface area contributed by atoms with Gasteiger partial charge < -0.3 is 20.6 Å². The van der Waals surface area contributed by atoms with E-state index in [4.69, 9.17) is 14.9 Å². The monoisotopic (exact) mass is 260 g/mol. The Morgan fingerprint density at radius 2 is 1.71 bits per heavy atom. The van der Waals surface area contributed by atoms with Crippen LogP contribution in [0.25, 0.3) is 0 Å². The Kier molecular flexibility index (Phi) is 4.42. The first-order valence-electron chi connectivity index (χ1n) is 4.96. The lowest BCUT2D eigenvalue weighted by molar-refractivity contribution is -0.407. The summed E-state index contributed by atoms with van der Waals surface area (Å²) in [5, 5.41) is 8.69. The van der Waals surface area contributed by atoms with E-state index in [0.717, 1.165) is 5.56 Å². The molecule has 0 heterocycles. The highest BCUT2D eigenvalue weighted by Crippen LogP contribution is 2.38. The van der Waals surface area contributed by atoms with Crippen LogP contribution in [0.3, 0.4) is 0 Å². The van der Waals surface area contributed by atoms with E-state index >= 15 is 0 Å². The molecule has 1 aromatic carbocycles. The molecule has 0 aliphatic heterocycles. The maximum Gasteiger partial charge on any atom is 0.362 e. The van der Waals surface area contributed by atoms with Gasteiger partial charge in [0, 0.05) is 6.42 Å². The minimum absolute atomic E-state index is 0.297. The third-order valence-corrected chi connectivity index (χ3v) is 3.02. The highest BCUT2D eigenvalue weighted by molar-refractivity contribution is 7.50. The van der Waals surface area contributed by atoms with Crippen LogP contribution >= 0.6 is 7.60 Å². The number of carboxylic acid groups (broad SMARTS) is 1. The first kappa shape index (κ1) is 13.9. The zero-order chi connectivity index (χ0) is 13.1. The van der Waals surface area contributed by atoms with Crippen molar-refractivity contribution in [3.63, 3.8) is 0 Å². The van der Waals surface area contributed by atoms with Gasteiger partial charge in [-0.2, -0.15) is 0 Å². The Morgan fingerprint density at radius 3 is 2.12 bits per heavy atom. The van der Waals surface area contributed by atoms with Crippen LogP contribution in [-0.4, -0.2) is 26.9 Å². The molecule has 0 radical (unpaired) electrons. The number of quaternary nitrogens is 1. The van der Waals surface area contributed by atoms with Gasteiger partial charge >= 0.3 is 13.6 Å². The van der Waals surface area contributed by atoms with E-state index in [9.17, 15) is 9.36 Å². The fourth-order valence-electron chi connectivity index (χ4n) is 1.39. The van der Waals surface area contributed by atoms with Crippen molar-refractivity contribution in [2.24, 2.45) is 0 Å². The summed E-state index contributed by atoms with van der Waals surface area (Å²) in [4.78, 5) is 28.2. The van der Waals surface area contributed by atoms with E-state index in [1.54, 1.807) is 24.3 Å². The molecule has 1 atom stereocenters. The molecule has 0 aliphatic carbocycles. The number of carboxylic acids is 1. The molecule has 0 amide bonds. The van der Waals surface area contributed by atoms with Crippen molar-refractivity contribution in [3.8, 4) is 0 Å². The summed E-state index contributed by atoms with van der Waals surface area (Å²) in [7, 11) is -4.05. The second-order valence-electron chi connectivity index (χ2n) is 3.88. The summed E-state index contributed by atoms with van der Waals surface area (Å²) in [5.74, 6) is -0.968. The number of hydrogen-bond acceptors (Lipinski definition) is 2. The lowest BCUT2D eigenvalue weighted by atomic mass is 10.1. The molecule has 0 aromatic heterocycles. The fourth-order valence-corrected chi connectivity index (χ4v) is 2.08. The van der Waals surface area contributed by atoms with Gasteiger partial charge in [-0.1, -0.05) is 24.3 Å². The van der Waals surface area contributed by atoms with Gasteiger partial charge in [-0.15, -0.1) is 0 Å². The summed E-state index contributed by atoms with van der Waals surface area (Å²) in [6, 6.07) is 5.77. The first-order chi connectivity index (χ1) is 7.78. The summed E-state index contributed by atoms with van der Waals surface area (Å²) in [5.41, 5.74) is 4.80. The topological polar surface area (TPSA) is 122 Å². The molecule has 0 bridgehead atoms. The van der Waals surface area contributed by atoms with Crippen LogP contribution < -0.4 is 5.73 Å². The van der Waals surface area contributed by atoms with Gasteiger partial charge in [0.2, 0.25) is 0 Å². The summed E-state index contributed by atoms with van der Waals surface area (Å²) < 4.78 is 10.8. The first-order valence-corrected chi connectivity index (χ1v) is 6.76. The van der Waals surface area contributed by atoms with Crippen molar-refractivity contribution in [3.05, 3.63) is 35.4 Å². The van der Waals surface area contributed by atoms with Gasteiger partial charge in [0.1, 0.15) is 0 Å². The molecule has 0 aliphatic rings. The quantitative estimate of drug-likeness (QED) is 0.536. The molecule has 7 heteroatoms. The highest BCUT2D eigenvalue weighted by atomic mass is 31.2. The number of hydrogen-bond donors (Lipinski definition) is 4. The fraction of sp³-hybridized carbons (Fsp3) is 0.300. The van der Waals surface area contributed by atoms with Crippen molar-refractivity contribution in [1.29, 1.82) is 0 Å². The summed E-state index contributed by atoms with van der Waals surface area (Å²) in [6.45, 7) is 0. The molecule has 6 nitrogen and oxygen atoms in total. The van der Waals surface area contributed by atoms with Crippen LogP contribution in [0.15, 0.2) is 24.3 Å². The molecule has 0 saturated heterocycles. The van der Waals surface area contributed by atoms with Crippen LogP contribution in [0.1, 0.15) is 11.1 Å². The molecule has 0 saturated carbocycles. The van der Waals surface area contributed by atoms with Gasteiger partial charge in [-0.25, -0.2) is 4.79 Å². The molecule has 1 aromatic rings. The maximum atomic E-state index is 10.8. The van der Waals surface area contributed by atoms with Gasteiger partial charge in [0.15, 0.2) is 6.04 Å². The molecule has 6 N–H and O–H groups in total. The maximum absolute atomic E-state index is 10.8. The smallest absolute Gasteiger partial charge is 0.362 e. The average Bonchev–Trinajstić information content (AvgIpc) is 2.18. The standard InChI is InChI=1S/C10H14NO5P/c11-9(10(12)13)5-7-1-3-8(4-2-7)6-17(14,15)16/h1-4,9H,5-6,11H2,(H,12,13)(H2,14,15,16)/p+1. The van der Waals surface area contributed by atoms with Crippen LogP contribution in [0.5, 0.6) is 0 Å². The van der Waals surface area contributed by atoms with Gasteiger partial charge in [-0.3, -0.25) is 4.57 Å². The van der Waals surface area contributed by atoms with E-state index < -0.39 is 19.6 Å². The number of aliphatic carboxylic acids is 1. The lowest BCUT2D eigenvalue weighted by Crippen LogP contribution is -2.65. The molecule has 0 fully saturated rings. The molecular weight excluding hydrogens is 245 g/mol. The second kappa shape index (κ2) is 5.42. The molecule has 94 valence electrons. The Bertz CT molecular complexity index is 439. The minimum atomic E-state index is -4.05. The van der Waals surface area contributed by atoms with E-state index in [0.29, 0.717) is 12.0 Å².